The van der Waals surface area contributed by atoms with E-state index in [1.54, 1.807) is 0 Å². The zero-order chi connectivity index (χ0) is 9.56. The molecule has 0 rings (SSSR count). The Bertz CT molecular complexity index is 166. The predicted octanol–water partition coefficient (Wildman–Crippen LogP) is 0.664. The average molecular weight is 170 g/mol. The van der Waals surface area contributed by atoms with Crippen LogP contribution in [0.15, 0.2) is 12.2 Å². The van der Waals surface area contributed by atoms with Crippen LogP contribution < -0.4 is 11.1 Å². The average Bonchev–Trinajstić information content (AvgIpc) is 2.00. The van der Waals surface area contributed by atoms with Gasteiger partial charge < -0.3 is 11.1 Å². The van der Waals surface area contributed by atoms with E-state index in [0.29, 0.717) is 19.5 Å². The first-order valence-electron chi connectivity index (χ1n) is 4.17. The molecule has 70 valence electrons. The molecular weight excluding hydrogens is 152 g/mol. The second kappa shape index (κ2) is 5.77. The van der Waals surface area contributed by atoms with Gasteiger partial charge in [-0.2, -0.15) is 0 Å². The molecule has 1 amide bonds. The fourth-order valence-electron chi connectivity index (χ4n) is 0.721. The van der Waals surface area contributed by atoms with Crippen LogP contribution in [0.25, 0.3) is 0 Å². The number of nitrogens with one attached hydrogen (secondary N) is 1. The second-order valence-corrected chi connectivity index (χ2v) is 3.28. The standard InChI is InChI=1S/C9H18N2O/c1-7(2)6-11-9(12)4-8(3)5-10/h8H,1,4-6,10H2,2-3H3,(H,11,12). The van der Waals surface area contributed by atoms with Crippen molar-refractivity contribution < 1.29 is 4.79 Å². The summed E-state index contributed by atoms with van der Waals surface area (Å²) in [7, 11) is 0. The van der Waals surface area contributed by atoms with E-state index < -0.39 is 0 Å². The Labute approximate surface area is 74.0 Å². The maximum Gasteiger partial charge on any atom is 0.220 e. The number of hydrogen-bond acceptors (Lipinski definition) is 2. The molecule has 0 radical (unpaired) electrons. The molecule has 0 spiro atoms. The summed E-state index contributed by atoms with van der Waals surface area (Å²) >= 11 is 0. The van der Waals surface area contributed by atoms with Crippen molar-refractivity contribution in [2.24, 2.45) is 11.7 Å². The summed E-state index contributed by atoms with van der Waals surface area (Å²) in [6.45, 7) is 8.65. The van der Waals surface area contributed by atoms with E-state index in [0.717, 1.165) is 5.57 Å². The van der Waals surface area contributed by atoms with Gasteiger partial charge >= 0.3 is 0 Å². The minimum atomic E-state index is 0.0518. The first-order chi connectivity index (χ1) is 5.56. The fourth-order valence-corrected chi connectivity index (χ4v) is 0.721. The number of amides is 1. The van der Waals surface area contributed by atoms with E-state index in [1.807, 2.05) is 13.8 Å². The maximum absolute atomic E-state index is 11.1. The van der Waals surface area contributed by atoms with Crippen LogP contribution in [0.1, 0.15) is 20.3 Å². The molecule has 0 aliphatic carbocycles. The molecule has 0 aromatic rings. The third-order valence-electron chi connectivity index (χ3n) is 1.52. The van der Waals surface area contributed by atoms with Crippen LogP contribution in [0.5, 0.6) is 0 Å². The Hall–Kier alpha value is -0.830. The molecule has 0 fully saturated rings. The third-order valence-corrected chi connectivity index (χ3v) is 1.52. The first-order valence-corrected chi connectivity index (χ1v) is 4.17. The van der Waals surface area contributed by atoms with Crippen molar-refractivity contribution in [3.63, 3.8) is 0 Å². The van der Waals surface area contributed by atoms with Crippen molar-refractivity contribution in [3.8, 4) is 0 Å². The normalized spacial score (nSPS) is 12.2. The number of nitrogens with two attached hydrogens (primary N) is 1. The quantitative estimate of drug-likeness (QED) is 0.596. The van der Waals surface area contributed by atoms with Crippen LogP contribution in [0.2, 0.25) is 0 Å². The first kappa shape index (κ1) is 11.2. The summed E-state index contributed by atoms with van der Waals surface area (Å²) in [5.74, 6) is 0.311. The fraction of sp³-hybridized carbons (Fsp3) is 0.667. The van der Waals surface area contributed by atoms with Crippen LogP contribution in [0, 0.1) is 5.92 Å². The second-order valence-electron chi connectivity index (χ2n) is 3.28. The van der Waals surface area contributed by atoms with Gasteiger partial charge in [0.15, 0.2) is 0 Å². The lowest BCUT2D eigenvalue weighted by Crippen LogP contribution is -2.28. The zero-order valence-electron chi connectivity index (χ0n) is 7.89. The number of carbonyl (C=O) groups excluding carboxylic acids is 1. The Morgan fingerprint density at radius 3 is 2.67 bits per heavy atom. The summed E-state index contributed by atoms with van der Waals surface area (Å²) in [6, 6.07) is 0. The number of rotatable bonds is 5. The van der Waals surface area contributed by atoms with Crippen molar-refractivity contribution in [2.75, 3.05) is 13.1 Å². The van der Waals surface area contributed by atoms with E-state index >= 15 is 0 Å². The molecule has 0 aromatic heterocycles. The Balaban J connectivity index is 3.53. The summed E-state index contributed by atoms with van der Waals surface area (Å²) in [4.78, 5) is 11.1. The highest BCUT2D eigenvalue weighted by Crippen LogP contribution is 1.97. The zero-order valence-corrected chi connectivity index (χ0v) is 7.89. The highest BCUT2D eigenvalue weighted by atomic mass is 16.1. The van der Waals surface area contributed by atoms with Crippen LogP contribution >= 0.6 is 0 Å². The number of carbonyl (C=O) groups is 1. The molecule has 3 N–H and O–H groups in total. The van der Waals surface area contributed by atoms with Gasteiger partial charge in [-0.15, -0.1) is 0 Å². The van der Waals surface area contributed by atoms with E-state index in [-0.39, 0.29) is 11.8 Å². The lowest BCUT2D eigenvalue weighted by atomic mass is 10.1. The molecule has 3 heteroatoms. The van der Waals surface area contributed by atoms with Crippen molar-refractivity contribution in [2.45, 2.75) is 20.3 Å². The topological polar surface area (TPSA) is 55.1 Å². The van der Waals surface area contributed by atoms with Crippen molar-refractivity contribution in [3.05, 3.63) is 12.2 Å². The highest BCUT2D eigenvalue weighted by Gasteiger charge is 2.05. The van der Waals surface area contributed by atoms with E-state index in [9.17, 15) is 4.79 Å². The lowest BCUT2D eigenvalue weighted by molar-refractivity contribution is -0.121. The summed E-state index contributed by atoms with van der Waals surface area (Å²) < 4.78 is 0. The highest BCUT2D eigenvalue weighted by molar-refractivity contribution is 5.76. The molecule has 0 aliphatic heterocycles. The predicted molar refractivity (Wildman–Crippen MR) is 50.7 cm³/mol. The molecule has 0 saturated heterocycles. The Kier molecular flexibility index (Phi) is 5.37. The Morgan fingerprint density at radius 2 is 2.25 bits per heavy atom. The molecule has 12 heavy (non-hydrogen) atoms. The maximum atomic E-state index is 11.1. The van der Waals surface area contributed by atoms with Crippen molar-refractivity contribution >= 4 is 5.91 Å². The molecule has 0 bridgehead atoms. The van der Waals surface area contributed by atoms with Gasteiger partial charge in [0.1, 0.15) is 0 Å². The SMILES string of the molecule is C=C(C)CNC(=O)CC(C)CN. The van der Waals surface area contributed by atoms with Crippen LogP contribution in [0.4, 0.5) is 0 Å². The lowest BCUT2D eigenvalue weighted by Gasteiger charge is -2.08. The molecule has 1 unspecified atom stereocenters. The van der Waals surface area contributed by atoms with E-state index in [1.165, 1.54) is 0 Å². The summed E-state index contributed by atoms with van der Waals surface area (Å²) in [6.07, 6.45) is 0.504. The minimum absolute atomic E-state index is 0.0518. The monoisotopic (exact) mass is 170 g/mol. The van der Waals surface area contributed by atoms with Gasteiger partial charge in [-0.25, -0.2) is 0 Å². The van der Waals surface area contributed by atoms with Gasteiger partial charge in [0.2, 0.25) is 5.91 Å². The van der Waals surface area contributed by atoms with Crippen molar-refractivity contribution in [1.29, 1.82) is 0 Å². The van der Waals surface area contributed by atoms with Gasteiger partial charge in [0.05, 0.1) is 0 Å². The molecular formula is C9H18N2O. The third kappa shape index (κ3) is 5.92. The van der Waals surface area contributed by atoms with Gasteiger partial charge in [-0.1, -0.05) is 19.1 Å². The van der Waals surface area contributed by atoms with Crippen molar-refractivity contribution in [1.82, 2.24) is 5.32 Å². The van der Waals surface area contributed by atoms with Crippen LogP contribution in [-0.4, -0.2) is 19.0 Å². The minimum Gasteiger partial charge on any atom is -0.352 e. The van der Waals surface area contributed by atoms with E-state index in [2.05, 4.69) is 11.9 Å². The van der Waals surface area contributed by atoms with E-state index in [4.69, 9.17) is 5.73 Å². The van der Waals surface area contributed by atoms with Crippen LogP contribution in [0.3, 0.4) is 0 Å². The molecule has 3 nitrogen and oxygen atoms in total. The molecule has 0 aliphatic rings. The number of hydrogen-bond donors (Lipinski definition) is 2. The van der Waals surface area contributed by atoms with Crippen LogP contribution in [-0.2, 0) is 4.79 Å². The smallest absolute Gasteiger partial charge is 0.220 e. The molecule has 1 atom stereocenters. The Morgan fingerprint density at radius 1 is 1.67 bits per heavy atom. The molecule has 0 aromatic carbocycles. The summed E-state index contributed by atoms with van der Waals surface area (Å²) in [5, 5.41) is 2.75. The van der Waals surface area contributed by atoms with Gasteiger partial charge in [-0.3, -0.25) is 4.79 Å². The van der Waals surface area contributed by atoms with Gasteiger partial charge in [-0.05, 0) is 19.4 Å². The van der Waals surface area contributed by atoms with Gasteiger partial charge in [0.25, 0.3) is 0 Å². The molecule has 0 heterocycles. The molecule has 0 saturated carbocycles. The summed E-state index contributed by atoms with van der Waals surface area (Å²) in [5.41, 5.74) is 6.34. The van der Waals surface area contributed by atoms with Gasteiger partial charge in [0, 0.05) is 13.0 Å². The largest absolute Gasteiger partial charge is 0.352 e.